The number of H-pyrrole nitrogens is 1. The maximum Gasteiger partial charge on any atom is 0.221 e. The van der Waals surface area contributed by atoms with Gasteiger partial charge in [-0.05, 0) is 41.5 Å². The predicted molar refractivity (Wildman–Crippen MR) is 96.4 cm³/mol. The molecule has 3 aromatic heterocycles. The third kappa shape index (κ3) is 4.15. The Hall–Kier alpha value is -1.77. The highest BCUT2D eigenvalue weighted by molar-refractivity contribution is 7.71. The molecule has 5 nitrogen and oxygen atoms in total. The summed E-state index contributed by atoms with van der Waals surface area (Å²) in [5, 5.41) is 14.1. The molecule has 3 heterocycles. The summed E-state index contributed by atoms with van der Waals surface area (Å²) in [6.45, 7) is 1.18. The maximum atomic E-state index is 12.0. The van der Waals surface area contributed by atoms with Gasteiger partial charge in [0.15, 0.2) is 10.6 Å². The van der Waals surface area contributed by atoms with E-state index in [0.29, 0.717) is 24.3 Å². The maximum absolute atomic E-state index is 12.0. The van der Waals surface area contributed by atoms with Crippen molar-refractivity contribution in [2.45, 2.75) is 19.4 Å². The molecule has 0 aliphatic heterocycles. The van der Waals surface area contributed by atoms with E-state index in [9.17, 15) is 4.79 Å². The second kappa shape index (κ2) is 7.67. The highest BCUT2D eigenvalue weighted by atomic mass is 32.1. The molecule has 23 heavy (non-hydrogen) atoms. The number of amides is 1. The highest BCUT2D eigenvalue weighted by Crippen LogP contribution is 2.22. The summed E-state index contributed by atoms with van der Waals surface area (Å²) < 4.78 is 2.42. The molecule has 0 bridgehead atoms. The van der Waals surface area contributed by atoms with E-state index in [-0.39, 0.29) is 5.91 Å². The molecular weight excluding hydrogens is 348 g/mol. The molecule has 0 fully saturated rings. The standard InChI is InChI=1S/C15H16N4OS3/c20-13(16-7-5-11-3-1-9-22-11)6-8-19-14(17-18-15(19)21)12-4-2-10-23-12/h1-4,9-10H,5-8H2,(H,16,20)(H,18,21). The van der Waals surface area contributed by atoms with Crippen molar-refractivity contribution in [1.29, 1.82) is 0 Å². The molecule has 0 aliphatic carbocycles. The minimum absolute atomic E-state index is 0.0294. The zero-order valence-electron chi connectivity index (χ0n) is 12.3. The Bertz CT molecular complexity index is 802. The molecule has 0 aromatic carbocycles. The van der Waals surface area contributed by atoms with Gasteiger partial charge in [0.2, 0.25) is 5.91 Å². The first kappa shape index (κ1) is 16.1. The topological polar surface area (TPSA) is 62.7 Å². The van der Waals surface area contributed by atoms with Crippen molar-refractivity contribution in [3.05, 3.63) is 44.7 Å². The molecule has 2 N–H and O–H groups in total. The lowest BCUT2D eigenvalue weighted by Crippen LogP contribution is -2.26. The van der Waals surface area contributed by atoms with Crippen molar-refractivity contribution in [3.63, 3.8) is 0 Å². The van der Waals surface area contributed by atoms with Crippen molar-refractivity contribution < 1.29 is 4.79 Å². The SMILES string of the molecule is O=C(CCn1c(-c2cccs2)n[nH]c1=S)NCCc1cccs1. The van der Waals surface area contributed by atoms with Gasteiger partial charge in [0.05, 0.1) is 4.88 Å². The van der Waals surface area contributed by atoms with Gasteiger partial charge in [-0.25, -0.2) is 0 Å². The molecule has 0 unspecified atom stereocenters. The van der Waals surface area contributed by atoms with Crippen LogP contribution >= 0.6 is 34.9 Å². The Morgan fingerprint density at radius 3 is 2.87 bits per heavy atom. The molecule has 3 aromatic rings. The number of aromatic amines is 1. The molecule has 3 rings (SSSR count). The van der Waals surface area contributed by atoms with Crippen molar-refractivity contribution in [3.8, 4) is 10.7 Å². The normalized spacial score (nSPS) is 10.8. The number of carbonyl (C=O) groups is 1. The second-order valence-corrected chi connectivity index (χ2v) is 7.28. The summed E-state index contributed by atoms with van der Waals surface area (Å²) in [5.74, 6) is 0.818. The van der Waals surface area contributed by atoms with Crippen LogP contribution in [-0.4, -0.2) is 27.2 Å². The molecule has 8 heteroatoms. The average Bonchev–Trinajstić information content (AvgIpc) is 3.27. The molecule has 0 atom stereocenters. The van der Waals surface area contributed by atoms with Crippen molar-refractivity contribution in [2.24, 2.45) is 0 Å². The van der Waals surface area contributed by atoms with E-state index < -0.39 is 0 Å². The van der Waals surface area contributed by atoms with Crippen LogP contribution in [0.1, 0.15) is 11.3 Å². The number of hydrogen-bond acceptors (Lipinski definition) is 5. The third-order valence-corrected chi connectivity index (χ3v) is 5.45. The lowest BCUT2D eigenvalue weighted by atomic mass is 10.3. The van der Waals surface area contributed by atoms with Crippen LogP contribution in [0.3, 0.4) is 0 Å². The molecule has 0 saturated heterocycles. The number of nitrogens with zero attached hydrogens (tertiary/aromatic N) is 2. The molecule has 0 spiro atoms. The number of thiophene rings is 2. The minimum Gasteiger partial charge on any atom is -0.356 e. The largest absolute Gasteiger partial charge is 0.356 e. The first-order valence-electron chi connectivity index (χ1n) is 7.22. The van der Waals surface area contributed by atoms with Crippen LogP contribution in [0.2, 0.25) is 0 Å². The summed E-state index contributed by atoms with van der Waals surface area (Å²) in [7, 11) is 0. The number of aromatic nitrogens is 3. The molecule has 0 saturated carbocycles. The molecule has 0 aliphatic rings. The fourth-order valence-electron chi connectivity index (χ4n) is 2.20. The first-order chi connectivity index (χ1) is 11.2. The summed E-state index contributed by atoms with van der Waals surface area (Å²) in [4.78, 5) is 14.3. The van der Waals surface area contributed by atoms with E-state index in [2.05, 4.69) is 21.6 Å². The Kier molecular flexibility index (Phi) is 5.37. The van der Waals surface area contributed by atoms with Gasteiger partial charge in [0, 0.05) is 24.4 Å². The van der Waals surface area contributed by atoms with Crippen molar-refractivity contribution in [1.82, 2.24) is 20.1 Å². The molecule has 0 radical (unpaired) electrons. The van der Waals surface area contributed by atoms with Crippen LogP contribution < -0.4 is 5.32 Å². The van der Waals surface area contributed by atoms with Crippen molar-refractivity contribution >= 4 is 40.8 Å². The van der Waals surface area contributed by atoms with Gasteiger partial charge in [0.25, 0.3) is 0 Å². The predicted octanol–water partition coefficient (Wildman–Crippen LogP) is 3.48. The Balaban J connectivity index is 1.53. The molecular formula is C15H16N4OS3. The van der Waals surface area contributed by atoms with Crippen LogP contribution in [0.25, 0.3) is 10.7 Å². The van der Waals surface area contributed by atoms with E-state index in [1.54, 1.807) is 22.7 Å². The highest BCUT2D eigenvalue weighted by Gasteiger charge is 2.11. The summed E-state index contributed by atoms with van der Waals surface area (Å²) >= 11 is 8.57. The van der Waals surface area contributed by atoms with E-state index in [4.69, 9.17) is 12.2 Å². The number of rotatable bonds is 7. The fraction of sp³-hybridized carbons (Fsp3) is 0.267. The quantitative estimate of drug-likeness (QED) is 0.631. The number of hydrogen-bond donors (Lipinski definition) is 2. The second-order valence-electron chi connectivity index (χ2n) is 4.91. The number of carbonyl (C=O) groups excluding carboxylic acids is 1. The Morgan fingerprint density at radius 1 is 1.30 bits per heavy atom. The van der Waals surface area contributed by atoms with E-state index in [1.807, 2.05) is 33.5 Å². The van der Waals surface area contributed by atoms with Crippen molar-refractivity contribution in [2.75, 3.05) is 6.54 Å². The van der Waals surface area contributed by atoms with Gasteiger partial charge in [-0.1, -0.05) is 12.1 Å². The zero-order chi connectivity index (χ0) is 16.1. The fourth-order valence-corrected chi connectivity index (χ4v) is 3.86. The lowest BCUT2D eigenvalue weighted by molar-refractivity contribution is -0.121. The summed E-state index contributed by atoms with van der Waals surface area (Å²) in [6.07, 6.45) is 1.26. The molecule has 1 amide bonds. The Labute approximate surface area is 147 Å². The van der Waals surface area contributed by atoms with Gasteiger partial charge in [0.1, 0.15) is 0 Å². The van der Waals surface area contributed by atoms with E-state index in [0.717, 1.165) is 17.1 Å². The van der Waals surface area contributed by atoms with Gasteiger partial charge in [-0.2, -0.15) is 5.10 Å². The smallest absolute Gasteiger partial charge is 0.221 e. The van der Waals surface area contributed by atoms with Gasteiger partial charge in [-0.15, -0.1) is 22.7 Å². The minimum atomic E-state index is 0.0294. The average molecular weight is 365 g/mol. The summed E-state index contributed by atoms with van der Waals surface area (Å²) in [6, 6.07) is 8.07. The van der Waals surface area contributed by atoms with Gasteiger partial charge >= 0.3 is 0 Å². The van der Waals surface area contributed by atoms with E-state index in [1.165, 1.54) is 4.88 Å². The van der Waals surface area contributed by atoms with Crippen LogP contribution in [0.15, 0.2) is 35.0 Å². The lowest BCUT2D eigenvalue weighted by Gasteiger charge is -2.07. The summed E-state index contributed by atoms with van der Waals surface area (Å²) in [5.41, 5.74) is 0. The number of nitrogens with one attached hydrogen (secondary N) is 2. The monoisotopic (exact) mass is 364 g/mol. The van der Waals surface area contributed by atoms with Gasteiger partial charge < -0.3 is 5.32 Å². The Morgan fingerprint density at radius 2 is 2.13 bits per heavy atom. The first-order valence-corrected chi connectivity index (χ1v) is 9.39. The third-order valence-electron chi connectivity index (χ3n) is 3.34. The van der Waals surface area contributed by atoms with Crippen LogP contribution in [0.5, 0.6) is 0 Å². The van der Waals surface area contributed by atoms with Crippen LogP contribution in [0.4, 0.5) is 0 Å². The molecule has 120 valence electrons. The van der Waals surface area contributed by atoms with Gasteiger partial charge in [-0.3, -0.25) is 14.5 Å². The zero-order valence-corrected chi connectivity index (χ0v) is 14.8. The van der Waals surface area contributed by atoms with Crippen LogP contribution in [-0.2, 0) is 17.8 Å². The van der Waals surface area contributed by atoms with Crippen LogP contribution in [0, 0.1) is 4.77 Å². The van der Waals surface area contributed by atoms with E-state index >= 15 is 0 Å².